The fourth-order valence-electron chi connectivity index (χ4n) is 3.16. The molecule has 1 aliphatic rings. The van der Waals surface area contributed by atoms with Crippen molar-refractivity contribution in [3.8, 4) is 0 Å². The van der Waals surface area contributed by atoms with Crippen molar-refractivity contribution in [1.82, 2.24) is 25.0 Å². The molecule has 2 aromatic rings. The van der Waals surface area contributed by atoms with Gasteiger partial charge in [-0.15, -0.1) is 24.0 Å². The Balaban J connectivity index is 0.00000280. The number of hydrogen-bond acceptors (Lipinski definition) is 3. The first kappa shape index (κ1) is 22.4. The molecule has 0 amide bonds. The minimum atomic E-state index is -0.250. The Morgan fingerprint density at radius 2 is 2.11 bits per heavy atom. The summed E-state index contributed by atoms with van der Waals surface area (Å²) >= 11 is 0. The Morgan fingerprint density at radius 1 is 1.29 bits per heavy atom. The topological polar surface area (TPSA) is 76.2 Å². The zero-order chi connectivity index (χ0) is 19.1. The van der Waals surface area contributed by atoms with E-state index in [1.807, 2.05) is 6.92 Å². The third-order valence-corrected chi connectivity index (χ3v) is 4.58. The molecule has 3 rings (SSSR count). The number of rotatable bonds is 7. The Morgan fingerprint density at radius 3 is 2.86 bits per heavy atom. The molecular weight excluding hydrogens is 474 g/mol. The maximum absolute atomic E-state index is 13.7. The molecule has 154 valence electrons. The van der Waals surface area contributed by atoms with E-state index in [4.69, 9.17) is 0 Å². The van der Waals surface area contributed by atoms with Crippen molar-refractivity contribution in [2.45, 2.75) is 52.2 Å². The first-order valence-electron chi connectivity index (χ1n) is 9.61. The summed E-state index contributed by atoms with van der Waals surface area (Å²) in [7, 11) is 0. The Labute approximate surface area is 181 Å². The minimum absolute atomic E-state index is 0. The highest BCUT2D eigenvalue weighted by Gasteiger charge is 2.16. The van der Waals surface area contributed by atoms with Gasteiger partial charge in [-0.1, -0.05) is 18.2 Å². The van der Waals surface area contributed by atoms with Gasteiger partial charge >= 0.3 is 5.69 Å². The zero-order valence-corrected chi connectivity index (χ0v) is 18.5. The van der Waals surface area contributed by atoms with Crippen LogP contribution in [0, 0.1) is 5.82 Å². The number of nitrogens with one attached hydrogen (secondary N) is 2. The number of guanidine groups is 1. The second-order valence-corrected chi connectivity index (χ2v) is 6.60. The Bertz CT molecular complexity index is 847. The number of fused-ring (bicyclic) bond motifs is 1. The van der Waals surface area contributed by atoms with Crippen LogP contribution in [0.25, 0.3) is 0 Å². The van der Waals surface area contributed by atoms with E-state index in [0.29, 0.717) is 24.6 Å². The van der Waals surface area contributed by atoms with Gasteiger partial charge in [-0.2, -0.15) is 5.10 Å². The van der Waals surface area contributed by atoms with Crippen LogP contribution >= 0.6 is 24.0 Å². The number of hydrogen-bond donors (Lipinski definition) is 2. The van der Waals surface area contributed by atoms with Gasteiger partial charge in [0.1, 0.15) is 11.6 Å². The van der Waals surface area contributed by atoms with Gasteiger partial charge < -0.3 is 10.6 Å². The first-order chi connectivity index (χ1) is 13.2. The van der Waals surface area contributed by atoms with Crippen molar-refractivity contribution in [3.63, 3.8) is 0 Å². The van der Waals surface area contributed by atoms with Crippen molar-refractivity contribution in [1.29, 1.82) is 0 Å². The smallest absolute Gasteiger partial charge is 0.345 e. The van der Waals surface area contributed by atoms with Crippen LogP contribution in [0.2, 0.25) is 0 Å². The van der Waals surface area contributed by atoms with Crippen LogP contribution in [0.15, 0.2) is 34.1 Å². The second kappa shape index (κ2) is 11.2. The molecule has 1 aromatic carbocycles. The third-order valence-electron chi connectivity index (χ3n) is 4.58. The van der Waals surface area contributed by atoms with E-state index >= 15 is 0 Å². The van der Waals surface area contributed by atoms with Gasteiger partial charge in [-0.25, -0.2) is 18.9 Å². The average Bonchev–Trinajstić information content (AvgIpc) is 3.00. The number of aliphatic imine (C=N–C) groups is 1. The zero-order valence-electron chi connectivity index (χ0n) is 16.2. The number of nitrogens with zero attached hydrogens (tertiary/aromatic N) is 4. The van der Waals surface area contributed by atoms with Crippen molar-refractivity contribution in [2.24, 2.45) is 4.99 Å². The monoisotopic (exact) mass is 502 g/mol. The summed E-state index contributed by atoms with van der Waals surface area (Å²) in [5.74, 6) is 1.29. The van der Waals surface area contributed by atoms with Crippen molar-refractivity contribution in [2.75, 3.05) is 13.1 Å². The summed E-state index contributed by atoms with van der Waals surface area (Å²) in [6.07, 6.45) is 3.78. The molecule has 2 N–H and O–H groups in total. The first-order valence-corrected chi connectivity index (χ1v) is 9.61. The largest absolute Gasteiger partial charge is 0.357 e. The summed E-state index contributed by atoms with van der Waals surface area (Å²) in [5, 5.41) is 10.8. The molecule has 0 atom stereocenters. The summed E-state index contributed by atoms with van der Waals surface area (Å²) in [6.45, 7) is 4.97. The molecule has 0 radical (unpaired) electrons. The van der Waals surface area contributed by atoms with Crippen LogP contribution in [0.4, 0.5) is 4.39 Å². The molecule has 7 nitrogen and oxygen atoms in total. The van der Waals surface area contributed by atoms with Crippen LogP contribution < -0.4 is 16.3 Å². The molecule has 9 heteroatoms. The van der Waals surface area contributed by atoms with Gasteiger partial charge in [0.15, 0.2) is 5.96 Å². The van der Waals surface area contributed by atoms with Crippen molar-refractivity contribution in [3.05, 3.63) is 52.0 Å². The number of benzene rings is 1. The molecule has 0 aliphatic carbocycles. The van der Waals surface area contributed by atoms with E-state index < -0.39 is 0 Å². The number of aromatic nitrogens is 3. The summed E-state index contributed by atoms with van der Waals surface area (Å²) in [4.78, 5) is 16.7. The Kier molecular flexibility index (Phi) is 8.94. The van der Waals surface area contributed by atoms with Gasteiger partial charge in [-0.05, 0) is 32.3 Å². The predicted octanol–water partition coefficient (Wildman–Crippen LogP) is 2.28. The van der Waals surface area contributed by atoms with Crippen LogP contribution in [-0.4, -0.2) is 33.4 Å². The molecule has 2 heterocycles. The molecule has 28 heavy (non-hydrogen) atoms. The number of halogens is 2. The van der Waals surface area contributed by atoms with E-state index in [2.05, 4.69) is 20.7 Å². The molecule has 0 saturated carbocycles. The Hall–Kier alpha value is -1.91. The van der Waals surface area contributed by atoms with Gasteiger partial charge in [0, 0.05) is 38.2 Å². The normalized spacial score (nSPS) is 13.6. The quantitative estimate of drug-likeness (QED) is 0.264. The lowest BCUT2D eigenvalue weighted by atomic mass is 10.2. The van der Waals surface area contributed by atoms with Crippen LogP contribution in [0.3, 0.4) is 0 Å². The molecule has 0 saturated heterocycles. The fraction of sp³-hybridized carbons (Fsp3) is 0.526. The van der Waals surface area contributed by atoms with E-state index in [1.165, 1.54) is 6.07 Å². The second-order valence-electron chi connectivity index (χ2n) is 6.60. The maximum atomic E-state index is 13.7. The summed E-state index contributed by atoms with van der Waals surface area (Å²) < 4.78 is 17.1. The van der Waals surface area contributed by atoms with E-state index in [9.17, 15) is 9.18 Å². The SMILES string of the molecule is CCNC(=NCc1ccccc1F)NCCCn1nc2n(c1=O)CCCC2.I. The lowest BCUT2D eigenvalue weighted by Gasteiger charge is -2.11. The van der Waals surface area contributed by atoms with E-state index in [-0.39, 0.29) is 42.0 Å². The highest BCUT2D eigenvalue weighted by Crippen LogP contribution is 2.09. The standard InChI is InChI=1S/C19H27FN6O.HI/c1-2-21-18(23-14-15-8-3-4-9-16(15)20)22-11-7-13-26-19(27)25-12-6-5-10-17(25)24-26;/h3-4,8-9H,2,5-7,10-14H2,1H3,(H2,21,22,23);1H. The molecule has 0 bridgehead atoms. The minimum Gasteiger partial charge on any atom is -0.357 e. The van der Waals surface area contributed by atoms with Crippen molar-refractivity contribution >= 4 is 29.9 Å². The highest BCUT2D eigenvalue weighted by atomic mass is 127. The maximum Gasteiger partial charge on any atom is 0.345 e. The van der Waals surface area contributed by atoms with Crippen LogP contribution in [-0.2, 0) is 26.1 Å². The molecule has 0 unspecified atom stereocenters. The van der Waals surface area contributed by atoms with Gasteiger partial charge in [0.25, 0.3) is 0 Å². The van der Waals surface area contributed by atoms with E-state index in [1.54, 1.807) is 27.4 Å². The molecular formula is C19H28FIN6O. The molecule has 0 fully saturated rings. The van der Waals surface area contributed by atoms with Crippen LogP contribution in [0.1, 0.15) is 37.6 Å². The summed E-state index contributed by atoms with van der Waals surface area (Å²) in [5.41, 5.74) is 0.551. The van der Waals surface area contributed by atoms with Crippen LogP contribution in [0.5, 0.6) is 0 Å². The number of aryl methyl sites for hydroxylation is 2. The average molecular weight is 502 g/mol. The molecule has 0 spiro atoms. The fourth-order valence-corrected chi connectivity index (χ4v) is 3.16. The van der Waals surface area contributed by atoms with E-state index in [0.717, 1.165) is 44.6 Å². The highest BCUT2D eigenvalue weighted by molar-refractivity contribution is 14.0. The molecule has 1 aliphatic heterocycles. The van der Waals surface area contributed by atoms with Gasteiger partial charge in [-0.3, -0.25) is 4.57 Å². The predicted molar refractivity (Wildman–Crippen MR) is 119 cm³/mol. The van der Waals surface area contributed by atoms with Gasteiger partial charge in [0.05, 0.1) is 6.54 Å². The van der Waals surface area contributed by atoms with Crippen molar-refractivity contribution < 1.29 is 4.39 Å². The lowest BCUT2D eigenvalue weighted by Crippen LogP contribution is -2.38. The summed E-state index contributed by atoms with van der Waals surface area (Å²) in [6, 6.07) is 6.64. The van der Waals surface area contributed by atoms with Gasteiger partial charge in [0.2, 0.25) is 0 Å². The lowest BCUT2D eigenvalue weighted by molar-refractivity contribution is 0.509. The third kappa shape index (κ3) is 5.79. The molecule has 1 aromatic heterocycles.